The van der Waals surface area contributed by atoms with E-state index in [4.69, 9.17) is 15.0 Å². The predicted molar refractivity (Wildman–Crippen MR) is 221 cm³/mol. The van der Waals surface area contributed by atoms with Gasteiger partial charge in [-0.05, 0) is 51.6 Å². The van der Waals surface area contributed by atoms with Crippen LogP contribution in [0.4, 0.5) is 0 Å². The van der Waals surface area contributed by atoms with E-state index in [1.807, 2.05) is 97.1 Å². The fourth-order valence-corrected chi connectivity index (χ4v) is 7.47. The second kappa shape index (κ2) is 14.9. The Morgan fingerprint density at radius 3 is 1.45 bits per heavy atom. The zero-order valence-electron chi connectivity index (χ0n) is 29.4. The molecule has 2 aromatic heterocycles. The molecule has 0 fully saturated rings. The highest BCUT2D eigenvalue weighted by Crippen LogP contribution is 2.38. The van der Waals surface area contributed by atoms with E-state index >= 15 is 0 Å². The van der Waals surface area contributed by atoms with Crippen molar-refractivity contribution in [1.82, 2.24) is 25.1 Å². The molecule has 0 unspecified atom stereocenters. The lowest BCUT2D eigenvalue weighted by atomic mass is 9.91. The van der Waals surface area contributed by atoms with Crippen LogP contribution in [0, 0.1) is 11.3 Å². The summed E-state index contributed by atoms with van der Waals surface area (Å²) in [4.78, 5) is 15.2. The summed E-state index contributed by atoms with van der Waals surface area (Å²) >= 11 is 1.59. The van der Waals surface area contributed by atoms with Crippen LogP contribution in [0.3, 0.4) is 0 Å². The minimum absolute atomic E-state index is 0.581. The largest absolute Gasteiger partial charge is 0.208 e. The molecule has 0 saturated carbocycles. The van der Waals surface area contributed by atoms with Crippen LogP contribution in [0.5, 0.6) is 0 Å². The van der Waals surface area contributed by atoms with E-state index in [1.165, 1.54) is 0 Å². The molecule has 258 valence electrons. The lowest BCUT2D eigenvalue weighted by Crippen LogP contribution is -2.01. The van der Waals surface area contributed by atoms with Crippen molar-refractivity contribution in [3.05, 3.63) is 188 Å². The Bertz CT molecular complexity index is 2810. The summed E-state index contributed by atoms with van der Waals surface area (Å²) in [5.74, 6) is 1.76. The molecule has 55 heavy (non-hydrogen) atoms. The fourth-order valence-electron chi connectivity index (χ4n) is 6.63. The van der Waals surface area contributed by atoms with E-state index in [0.29, 0.717) is 23.0 Å². The zero-order chi connectivity index (χ0) is 37.0. The Morgan fingerprint density at radius 2 is 0.800 bits per heavy atom. The highest BCUT2D eigenvalue weighted by atomic mass is 32.1. The van der Waals surface area contributed by atoms with Gasteiger partial charge in [0.1, 0.15) is 10.0 Å². The molecule has 9 rings (SSSR count). The Balaban J connectivity index is 1.09. The van der Waals surface area contributed by atoms with Crippen molar-refractivity contribution in [2.24, 2.45) is 0 Å². The third kappa shape index (κ3) is 6.94. The third-order valence-corrected chi connectivity index (χ3v) is 10.4. The van der Waals surface area contributed by atoms with Gasteiger partial charge in [0.25, 0.3) is 0 Å². The van der Waals surface area contributed by atoms with E-state index in [1.54, 1.807) is 11.3 Å². The molecule has 0 aliphatic heterocycles. The maximum atomic E-state index is 9.38. The van der Waals surface area contributed by atoms with Crippen molar-refractivity contribution in [3.8, 4) is 94.8 Å². The summed E-state index contributed by atoms with van der Waals surface area (Å²) in [7, 11) is 0. The molecule has 0 aliphatic rings. The first kappa shape index (κ1) is 33.4. The second-order valence-corrected chi connectivity index (χ2v) is 13.9. The van der Waals surface area contributed by atoms with E-state index in [-0.39, 0.29) is 0 Å². The summed E-state index contributed by atoms with van der Waals surface area (Å²) in [6.07, 6.45) is 0. The monoisotopic (exact) mass is 722 g/mol. The van der Waals surface area contributed by atoms with Gasteiger partial charge in [-0.1, -0.05) is 175 Å². The SMILES string of the molecule is N#Cc1ccc(-c2ccccc2-c2ccccc2-c2nc(-c3ccccc3)nc(-c3ccc(-c4cccc(-c5nnc(-c6ccccc6)s5)c4)cc3)n2)cc1. The molecule has 0 bridgehead atoms. The highest BCUT2D eigenvalue weighted by Gasteiger charge is 2.18. The summed E-state index contributed by atoms with van der Waals surface area (Å²) in [5.41, 5.74) is 11.7. The molecule has 0 saturated heterocycles. The summed E-state index contributed by atoms with van der Waals surface area (Å²) in [6.45, 7) is 0. The van der Waals surface area contributed by atoms with Crippen molar-refractivity contribution < 1.29 is 0 Å². The highest BCUT2D eigenvalue weighted by molar-refractivity contribution is 7.17. The van der Waals surface area contributed by atoms with Crippen molar-refractivity contribution in [3.63, 3.8) is 0 Å². The molecule has 0 spiro atoms. The standard InChI is InChI=1S/C48H30N6S/c49-31-32-22-24-34(25-23-32)40-18-7-8-19-41(40)42-20-9-10-21-43(42)46-51-44(35-12-3-1-4-13-35)50-45(52-46)36-28-26-33(27-29-36)38-16-11-17-39(30-38)48-54-53-47(55-48)37-14-5-2-6-15-37/h1-30H. The van der Waals surface area contributed by atoms with E-state index in [2.05, 4.69) is 101 Å². The minimum Gasteiger partial charge on any atom is -0.208 e. The van der Waals surface area contributed by atoms with Gasteiger partial charge >= 0.3 is 0 Å². The van der Waals surface area contributed by atoms with Crippen LogP contribution >= 0.6 is 11.3 Å². The number of hydrogen-bond donors (Lipinski definition) is 0. The Labute approximate surface area is 322 Å². The second-order valence-electron chi connectivity index (χ2n) is 12.9. The molecule has 2 heterocycles. The van der Waals surface area contributed by atoms with Crippen molar-refractivity contribution in [2.75, 3.05) is 0 Å². The minimum atomic E-state index is 0.581. The van der Waals surface area contributed by atoms with E-state index < -0.39 is 0 Å². The average Bonchev–Trinajstić information content (AvgIpc) is 3.78. The quantitative estimate of drug-likeness (QED) is 0.155. The van der Waals surface area contributed by atoms with Gasteiger partial charge in [-0.3, -0.25) is 0 Å². The molecule has 6 nitrogen and oxygen atoms in total. The van der Waals surface area contributed by atoms with Gasteiger partial charge in [0.15, 0.2) is 17.5 Å². The van der Waals surface area contributed by atoms with Gasteiger partial charge in [0.2, 0.25) is 0 Å². The van der Waals surface area contributed by atoms with Crippen molar-refractivity contribution >= 4 is 11.3 Å². The number of nitrogens with zero attached hydrogens (tertiary/aromatic N) is 6. The number of rotatable bonds is 8. The topological polar surface area (TPSA) is 88.2 Å². The molecule has 7 heteroatoms. The number of hydrogen-bond acceptors (Lipinski definition) is 7. The van der Waals surface area contributed by atoms with Crippen LogP contribution in [-0.2, 0) is 0 Å². The van der Waals surface area contributed by atoms with Crippen LogP contribution in [0.1, 0.15) is 5.56 Å². The molecule has 0 atom stereocenters. The zero-order valence-corrected chi connectivity index (χ0v) is 30.2. The maximum absolute atomic E-state index is 9.38. The Morgan fingerprint density at radius 1 is 0.345 bits per heavy atom. The smallest absolute Gasteiger partial charge is 0.164 e. The third-order valence-electron chi connectivity index (χ3n) is 9.41. The molecule has 0 N–H and O–H groups in total. The Hall–Kier alpha value is -7.40. The van der Waals surface area contributed by atoms with Gasteiger partial charge in [-0.15, -0.1) is 10.2 Å². The van der Waals surface area contributed by atoms with Crippen LogP contribution < -0.4 is 0 Å². The number of nitriles is 1. The number of benzene rings is 7. The lowest BCUT2D eigenvalue weighted by molar-refractivity contribution is 1.07. The molecule has 0 radical (unpaired) electrons. The Kier molecular flexibility index (Phi) is 9.07. The van der Waals surface area contributed by atoms with Gasteiger partial charge in [-0.2, -0.15) is 5.26 Å². The van der Waals surface area contributed by atoms with Crippen LogP contribution in [0.2, 0.25) is 0 Å². The predicted octanol–water partition coefficient (Wildman–Crippen LogP) is 11.9. The average molecular weight is 723 g/mol. The maximum Gasteiger partial charge on any atom is 0.164 e. The molecular formula is C48H30N6S. The van der Waals surface area contributed by atoms with E-state index in [9.17, 15) is 5.26 Å². The molecule has 0 amide bonds. The normalized spacial score (nSPS) is 10.9. The summed E-state index contributed by atoms with van der Waals surface area (Å²) < 4.78 is 0. The van der Waals surface area contributed by atoms with Gasteiger partial charge < -0.3 is 0 Å². The van der Waals surface area contributed by atoms with Gasteiger partial charge in [0.05, 0.1) is 11.6 Å². The van der Waals surface area contributed by atoms with Crippen molar-refractivity contribution in [2.45, 2.75) is 0 Å². The summed E-state index contributed by atoms with van der Waals surface area (Å²) in [6, 6.07) is 63.3. The molecule has 7 aromatic carbocycles. The van der Waals surface area contributed by atoms with Gasteiger partial charge in [-0.25, -0.2) is 15.0 Å². The first-order valence-corrected chi connectivity index (χ1v) is 18.6. The molecule has 0 aliphatic carbocycles. The summed E-state index contributed by atoms with van der Waals surface area (Å²) in [5, 5.41) is 20.1. The first-order chi connectivity index (χ1) is 27.2. The lowest BCUT2D eigenvalue weighted by Gasteiger charge is -2.15. The van der Waals surface area contributed by atoms with Crippen LogP contribution in [-0.4, -0.2) is 25.1 Å². The first-order valence-electron chi connectivity index (χ1n) is 17.8. The van der Waals surface area contributed by atoms with Gasteiger partial charge in [0, 0.05) is 27.8 Å². The fraction of sp³-hybridized carbons (Fsp3) is 0. The van der Waals surface area contributed by atoms with Crippen LogP contribution in [0.25, 0.3) is 88.7 Å². The van der Waals surface area contributed by atoms with E-state index in [0.717, 1.165) is 71.2 Å². The van der Waals surface area contributed by atoms with Crippen LogP contribution in [0.15, 0.2) is 182 Å². The number of aromatic nitrogens is 5. The molecular weight excluding hydrogens is 693 g/mol. The molecule has 9 aromatic rings. The van der Waals surface area contributed by atoms with Crippen molar-refractivity contribution in [1.29, 1.82) is 5.26 Å².